The molecule has 0 spiro atoms. The number of amides is 2. The zero-order valence-electron chi connectivity index (χ0n) is 21.2. The first-order valence-corrected chi connectivity index (χ1v) is 14.2. The van der Waals surface area contributed by atoms with Gasteiger partial charge in [-0.25, -0.2) is 8.42 Å². The van der Waals surface area contributed by atoms with Gasteiger partial charge in [0.15, 0.2) is 0 Å². The maximum absolute atomic E-state index is 13.7. The van der Waals surface area contributed by atoms with E-state index in [1.54, 1.807) is 19.1 Å². The van der Waals surface area contributed by atoms with Gasteiger partial charge in [0.25, 0.3) is 0 Å². The monoisotopic (exact) mass is 499 g/mol. The summed E-state index contributed by atoms with van der Waals surface area (Å²) in [6.07, 6.45) is 5.80. The van der Waals surface area contributed by atoms with Gasteiger partial charge in [-0.3, -0.25) is 13.9 Å². The minimum Gasteiger partial charge on any atom is -0.352 e. The normalized spacial score (nSPS) is 15.0. The van der Waals surface area contributed by atoms with Gasteiger partial charge in [-0.2, -0.15) is 0 Å². The van der Waals surface area contributed by atoms with Crippen molar-refractivity contribution in [3.05, 3.63) is 65.2 Å². The Balaban J connectivity index is 1.90. The maximum atomic E-state index is 13.7. The molecule has 0 bridgehead atoms. The van der Waals surface area contributed by atoms with Crippen LogP contribution in [0, 0.1) is 6.92 Å². The standard InChI is InChI=1S/C27H37N3O4S/c1-5-23-13-6-9-16-25(23)30(35(4,33)34)19-26(31)29(18-22-12-10-11-20(2)17-22)21(3)27(32)28-24-14-7-8-15-24/h6,9-13,16-17,21,24H,5,7-8,14-15,18-19H2,1-4H3,(H,28,32). The third-order valence-electron chi connectivity index (χ3n) is 6.62. The van der Waals surface area contributed by atoms with Crippen LogP contribution < -0.4 is 9.62 Å². The lowest BCUT2D eigenvalue weighted by Crippen LogP contribution is -2.52. The Labute approximate surface area is 209 Å². The second kappa shape index (κ2) is 11.7. The number of para-hydroxylation sites is 1. The van der Waals surface area contributed by atoms with Crippen molar-refractivity contribution < 1.29 is 18.0 Å². The molecule has 0 aromatic heterocycles. The third-order valence-corrected chi connectivity index (χ3v) is 7.75. The molecule has 8 heteroatoms. The summed E-state index contributed by atoms with van der Waals surface area (Å²) in [5.41, 5.74) is 3.26. The van der Waals surface area contributed by atoms with Crippen LogP contribution in [-0.2, 0) is 32.6 Å². The van der Waals surface area contributed by atoms with Gasteiger partial charge in [-0.05, 0) is 50.3 Å². The molecule has 0 aliphatic heterocycles. The van der Waals surface area contributed by atoms with Crippen LogP contribution in [0.3, 0.4) is 0 Å². The van der Waals surface area contributed by atoms with Crippen molar-refractivity contribution >= 4 is 27.5 Å². The van der Waals surface area contributed by atoms with E-state index in [0.717, 1.165) is 52.9 Å². The van der Waals surface area contributed by atoms with E-state index in [4.69, 9.17) is 0 Å². The van der Waals surface area contributed by atoms with Gasteiger partial charge in [-0.15, -0.1) is 0 Å². The average Bonchev–Trinajstić information content (AvgIpc) is 3.32. The van der Waals surface area contributed by atoms with Gasteiger partial charge in [0, 0.05) is 12.6 Å². The van der Waals surface area contributed by atoms with E-state index in [2.05, 4.69) is 5.32 Å². The van der Waals surface area contributed by atoms with Crippen molar-refractivity contribution in [1.82, 2.24) is 10.2 Å². The molecular formula is C27H37N3O4S. The number of aryl methyl sites for hydroxylation is 2. The summed E-state index contributed by atoms with van der Waals surface area (Å²) in [7, 11) is -3.74. The van der Waals surface area contributed by atoms with E-state index in [0.29, 0.717) is 12.1 Å². The van der Waals surface area contributed by atoms with Gasteiger partial charge in [-0.1, -0.05) is 67.8 Å². The number of hydrogen-bond acceptors (Lipinski definition) is 4. The fourth-order valence-electron chi connectivity index (χ4n) is 4.63. The molecule has 190 valence electrons. The second-order valence-electron chi connectivity index (χ2n) is 9.43. The van der Waals surface area contributed by atoms with Crippen LogP contribution in [0.15, 0.2) is 48.5 Å². The highest BCUT2D eigenvalue weighted by molar-refractivity contribution is 7.92. The minimum atomic E-state index is -3.74. The Hall–Kier alpha value is -2.87. The Bertz CT molecular complexity index is 1140. The number of sulfonamides is 1. The van der Waals surface area contributed by atoms with E-state index in [1.165, 1.54) is 4.90 Å². The minimum absolute atomic E-state index is 0.129. The summed E-state index contributed by atoms with van der Waals surface area (Å²) in [4.78, 5) is 28.3. The summed E-state index contributed by atoms with van der Waals surface area (Å²) in [5, 5.41) is 3.08. The summed E-state index contributed by atoms with van der Waals surface area (Å²) in [6, 6.07) is 14.3. The molecule has 3 rings (SSSR count). The molecule has 0 saturated heterocycles. The summed E-state index contributed by atoms with van der Waals surface area (Å²) in [6.45, 7) is 5.47. The molecule has 0 radical (unpaired) electrons. The van der Waals surface area contributed by atoms with Crippen LogP contribution in [0.2, 0.25) is 0 Å². The molecule has 1 saturated carbocycles. The van der Waals surface area contributed by atoms with E-state index in [-0.39, 0.29) is 25.0 Å². The van der Waals surface area contributed by atoms with Crippen molar-refractivity contribution in [1.29, 1.82) is 0 Å². The second-order valence-corrected chi connectivity index (χ2v) is 11.3. The first kappa shape index (κ1) is 26.7. The molecule has 2 aromatic carbocycles. The number of benzene rings is 2. The molecule has 1 aliphatic carbocycles. The van der Waals surface area contributed by atoms with Crippen molar-refractivity contribution in [2.24, 2.45) is 0 Å². The van der Waals surface area contributed by atoms with E-state index >= 15 is 0 Å². The van der Waals surface area contributed by atoms with Gasteiger partial charge in [0.1, 0.15) is 12.6 Å². The number of anilines is 1. The molecule has 7 nitrogen and oxygen atoms in total. The Morgan fingerprint density at radius 1 is 1.09 bits per heavy atom. The summed E-state index contributed by atoms with van der Waals surface area (Å²) < 4.78 is 26.7. The predicted molar refractivity (Wildman–Crippen MR) is 140 cm³/mol. The summed E-state index contributed by atoms with van der Waals surface area (Å²) in [5.74, 6) is -0.630. The predicted octanol–water partition coefficient (Wildman–Crippen LogP) is 3.80. The van der Waals surface area contributed by atoms with Gasteiger partial charge < -0.3 is 10.2 Å². The quantitative estimate of drug-likeness (QED) is 0.539. The highest BCUT2D eigenvalue weighted by Gasteiger charge is 2.31. The van der Waals surface area contributed by atoms with Crippen LogP contribution in [0.4, 0.5) is 5.69 Å². The molecule has 1 fully saturated rings. The van der Waals surface area contributed by atoms with Crippen LogP contribution >= 0.6 is 0 Å². The van der Waals surface area contributed by atoms with E-state index in [1.807, 2.05) is 50.2 Å². The molecule has 1 unspecified atom stereocenters. The zero-order valence-corrected chi connectivity index (χ0v) is 22.0. The van der Waals surface area contributed by atoms with E-state index in [9.17, 15) is 18.0 Å². The Morgan fingerprint density at radius 3 is 2.40 bits per heavy atom. The molecule has 2 amide bonds. The number of nitrogens with zero attached hydrogens (tertiary/aromatic N) is 2. The first-order valence-electron chi connectivity index (χ1n) is 12.3. The largest absolute Gasteiger partial charge is 0.352 e. The molecule has 35 heavy (non-hydrogen) atoms. The molecule has 0 heterocycles. The lowest BCUT2D eigenvalue weighted by Gasteiger charge is -2.32. The average molecular weight is 500 g/mol. The van der Waals surface area contributed by atoms with Crippen molar-refractivity contribution in [2.45, 2.75) is 71.5 Å². The number of carbonyl (C=O) groups is 2. The third kappa shape index (κ3) is 7.07. The highest BCUT2D eigenvalue weighted by atomic mass is 32.2. The smallest absolute Gasteiger partial charge is 0.244 e. The lowest BCUT2D eigenvalue weighted by atomic mass is 10.1. The number of nitrogens with one attached hydrogen (secondary N) is 1. The Morgan fingerprint density at radius 2 is 1.77 bits per heavy atom. The fourth-order valence-corrected chi connectivity index (χ4v) is 5.51. The number of hydrogen-bond donors (Lipinski definition) is 1. The van der Waals surface area contributed by atoms with Crippen LogP contribution in [0.25, 0.3) is 0 Å². The SMILES string of the molecule is CCc1ccccc1N(CC(=O)N(Cc1cccc(C)c1)C(C)C(=O)NC1CCCC1)S(C)(=O)=O. The number of rotatable bonds is 10. The lowest BCUT2D eigenvalue weighted by molar-refractivity contribution is -0.139. The van der Waals surface area contributed by atoms with Crippen molar-refractivity contribution in [3.63, 3.8) is 0 Å². The van der Waals surface area contributed by atoms with Gasteiger partial charge in [0.05, 0.1) is 11.9 Å². The number of carbonyl (C=O) groups excluding carboxylic acids is 2. The van der Waals surface area contributed by atoms with Gasteiger partial charge in [0.2, 0.25) is 21.8 Å². The van der Waals surface area contributed by atoms with Crippen molar-refractivity contribution in [3.8, 4) is 0 Å². The first-order chi connectivity index (χ1) is 16.6. The Kier molecular flexibility index (Phi) is 8.94. The topological polar surface area (TPSA) is 86.8 Å². The van der Waals surface area contributed by atoms with Crippen LogP contribution in [0.5, 0.6) is 0 Å². The molecule has 1 aliphatic rings. The molecule has 1 atom stereocenters. The zero-order chi connectivity index (χ0) is 25.6. The molecular weight excluding hydrogens is 462 g/mol. The van der Waals surface area contributed by atoms with Crippen LogP contribution in [-0.4, -0.2) is 50.0 Å². The van der Waals surface area contributed by atoms with E-state index < -0.39 is 22.0 Å². The summed E-state index contributed by atoms with van der Waals surface area (Å²) >= 11 is 0. The van der Waals surface area contributed by atoms with Gasteiger partial charge >= 0.3 is 0 Å². The fraction of sp³-hybridized carbons (Fsp3) is 0.481. The van der Waals surface area contributed by atoms with Crippen LogP contribution in [0.1, 0.15) is 56.2 Å². The molecule has 2 aromatic rings. The highest BCUT2D eigenvalue weighted by Crippen LogP contribution is 2.24. The maximum Gasteiger partial charge on any atom is 0.244 e. The van der Waals surface area contributed by atoms with Crippen molar-refractivity contribution in [2.75, 3.05) is 17.1 Å². The molecule has 1 N–H and O–H groups in total.